The van der Waals surface area contributed by atoms with E-state index in [1.165, 1.54) is 6.07 Å². The number of rotatable bonds is 3. The lowest BCUT2D eigenvalue weighted by molar-refractivity contribution is 0.624. The number of hydrogen-bond acceptors (Lipinski definition) is 2. The van der Waals surface area contributed by atoms with E-state index in [1.54, 1.807) is 12.3 Å². The Bertz CT molecular complexity index is 789. The summed E-state index contributed by atoms with van der Waals surface area (Å²) in [4.78, 5) is 4.40. The third-order valence-corrected chi connectivity index (χ3v) is 3.72. The van der Waals surface area contributed by atoms with Crippen LogP contribution in [0.4, 0.5) is 10.1 Å². The lowest BCUT2D eigenvalue weighted by atomic mass is 10.1. The number of nitrogens with one attached hydrogen (secondary N) is 1. The Kier molecular flexibility index (Phi) is 3.76. The van der Waals surface area contributed by atoms with Crippen molar-refractivity contribution < 1.29 is 4.39 Å². The van der Waals surface area contributed by atoms with Gasteiger partial charge in [0.25, 0.3) is 0 Å². The maximum Gasteiger partial charge on any atom is 0.142 e. The Morgan fingerprint density at radius 3 is 2.76 bits per heavy atom. The first-order chi connectivity index (χ1) is 10.1. The Labute approximate surface area is 127 Å². The van der Waals surface area contributed by atoms with Gasteiger partial charge in [-0.25, -0.2) is 4.39 Å². The van der Waals surface area contributed by atoms with Crippen LogP contribution in [0.1, 0.15) is 18.5 Å². The molecule has 0 aliphatic heterocycles. The fourth-order valence-electron chi connectivity index (χ4n) is 2.27. The fraction of sp³-hybridized carbons (Fsp3) is 0.118. The van der Waals surface area contributed by atoms with E-state index in [2.05, 4.69) is 10.3 Å². The summed E-state index contributed by atoms with van der Waals surface area (Å²) in [5.41, 5.74) is 2.69. The lowest BCUT2D eigenvalue weighted by Crippen LogP contribution is -2.07. The quantitative estimate of drug-likeness (QED) is 0.719. The van der Waals surface area contributed by atoms with Crippen LogP contribution >= 0.6 is 11.6 Å². The van der Waals surface area contributed by atoms with Crippen LogP contribution in [0.15, 0.2) is 54.7 Å². The lowest BCUT2D eigenvalue weighted by Gasteiger charge is -2.16. The van der Waals surface area contributed by atoms with E-state index in [0.29, 0.717) is 0 Å². The van der Waals surface area contributed by atoms with Gasteiger partial charge in [0.05, 0.1) is 22.4 Å². The Morgan fingerprint density at radius 2 is 1.95 bits per heavy atom. The molecule has 1 atom stereocenters. The van der Waals surface area contributed by atoms with Crippen molar-refractivity contribution >= 4 is 28.2 Å². The van der Waals surface area contributed by atoms with Gasteiger partial charge in [0.2, 0.25) is 0 Å². The summed E-state index contributed by atoms with van der Waals surface area (Å²) in [5, 5.41) is 4.53. The predicted octanol–water partition coefficient (Wildman–Crippen LogP) is 5.20. The van der Waals surface area contributed by atoms with Gasteiger partial charge in [0, 0.05) is 11.4 Å². The molecule has 2 nitrogen and oxygen atoms in total. The van der Waals surface area contributed by atoms with Gasteiger partial charge in [-0.1, -0.05) is 35.9 Å². The normalized spacial score (nSPS) is 12.3. The van der Waals surface area contributed by atoms with Gasteiger partial charge in [-0.05, 0) is 36.8 Å². The molecular formula is C17H14ClFN2. The summed E-state index contributed by atoms with van der Waals surface area (Å²) in [5.74, 6) is -0.403. The Hall–Kier alpha value is -2.13. The van der Waals surface area contributed by atoms with Crippen molar-refractivity contribution in [3.8, 4) is 0 Å². The van der Waals surface area contributed by atoms with Crippen LogP contribution in [0.2, 0.25) is 5.02 Å². The molecule has 2 aromatic carbocycles. The highest BCUT2D eigenvalue weighted by atomic mass is 35.5. The molecule has 0 amide bonds. The van der Waals surface area contributed by atoms with Crippen LogP contribution < -0.4 is 5.32 Å². The van der Waals surface area contributed by atoms with Crippen molar-refractivity contribution in [2.75, 3.05) is 5.32 Å². The number of para-hydroxylation sites is 1. The topological polar surface area (TPSA) is 24.9 Å². The van der Waals surface area contributed by atoms with E-state index in [-0.39, 0.29) is 11.1 Å². The zero-order valence-electron chi connectivity index (χ0n) is 11.5. The van der Waals surface area contributed by atoms with Crippen LogP contribution in [0.3, 0.4) is 0 Å². The largest absolute Gasteiger partial charge is 0.377 e. The van der Waals surface area contributed by atoms with E-state index in [1.807, 2.05) is 43.3 Å². The second-order valence-electron chi connectivity index (χ2n) is 4.96. The summed E-state index contributed by atoms with van der Waals surface area (Å²) in [6, 6.07) is 14.8. The highest BCUT2D eigenvalue weighted by Crippen LogP contribution is 2.24. The molecule has 0 aliphatic carbocycles. The maximum absolute atomic E-state index is 13.5. The van der Waals surface area contributed by atoms with Crippen molar-refractivity contribution in [3.63, 3.8) is 0 Å². The number of halogens is 2. The van der Waals surface area contributed by atoms with Gasteiger partial charge in [0.15, 0.2) is 0 Å². The SMILES string of the molecule is CC(Nc1cnc2ccccc2c1)c1ccc(Cl)c(F)c1. The van der Waals surface area contributed by atoms with Gasteiger partial charge in [-0.15, -0.1) is 0 Å². The molecule has 0 radical (unpaired) electrons. The van der Waals surface area contributed by atoms with Crippen LogP contribution in [-0.4, -0.2) is 4.98 Å². The van der Waals surface area contributed by atoms with Crippen molar-refractivity contribution in [3.05, 3.63) is 71.1 Å². The average Bonchev–Trinajstić information content (AvgIpc) is 2.50. The number of anilines is 1. The highest BCUT2D eigenvalue weighted by Gasteiger charge is 2.09. The van der Waals surface area contributed by atoms with Gasteiger partial charge in [0.1, 0.15) is 5.82 Å². The third kappa shape index (κ3) is 2.98. The summed E-state index contributed by atoms with van der Waals surface area (Å²) in [6.07, 6.45) is 1.78. The van der Waals surface area contributed by atoms with Gasteiger partial charge >= 0.3 is 0 Å². The van der Waals surface area contributed by atoms with Gasteiger partial charge < -0.3 is 5.32 Å². The van der Waals surface area contributed by atoms with Crippen molar-refractivity contribution in [2.45, 2.75) is 13.0 Å². The summed E-state index contributed by atoms with van der Waals surface area (Å²) < 4.78 is 13.5. The summed E-state index contributed by atoms with van der Waals surface area (Å²) in [7, 11) is 0. The Morgan fingerprint density at radius 1 is 1.14 bits per heavy atom. The number of nitrogens with zero attached hydrogens (tertiary/aromatic N) is 1. The molecule has 21 heavy (non-hydrogen) atoms. The van der Waals surface area contributed by atoms with E-state index in [4.69, 9.17) is 11.6 Å². The molecular weight excluding hydrogens is 287 g/mol. The first-order valence-electron chi connectivity index (χ1n) is 6.70. The van der Waals surface area contributed by atoms with E-state index in [9.17, 15) is 4.39 Å². The molecule has 1 N–H and O–H groups in total. The first kappa shape index (κ1) is 13.8. The molecule has 3 rings (SSSR count). The molecule has 0 saturated heterocycles. The van der Waals surface area contributed by atoms with Crippen molar-refractivity contribution in [1.29, 1.82) is 0 Å². The van der Waals surface area contributed by atoms with Crippen molar-refractivity contribution in [1.82, 2.24) is 4.98 Å². The molecule has 0 saturated carbocycles. The minimum Gasteiger partial charge on any atom is -0.377 e. The van der Waals surface area contributed by atoms with Crippen LogP contribution in [0.25, 0.3) is 10.9 Å². The molecule has 3 aromatic rings. The number of pyridine rings is 1. The van der Waals surface area contributed by atoms with E-state index in [0.717, 1.165) is 22.2 Å². The molecule has 4 heteroatoms. The monoisotopic (exact) mass is 300 g/mol. The molecule has 0 bridgehead atoms. The van der Waals surface area contributed by atoms with E-state index >= 15 is 0 Å². The third-order valence-electron chi connectivity index (χ3n) is 3.42. The zero-order valence-corrected chi connectivity index (χ0v) is 12.2. The summed E-state index contributed by atoms with van der Waals surface area (Å²) in [6.45, 7) is 1.97. The standard InChI is InChI=1S/C17H14ClFN2/c1-11(12-6-7-15(18)16(19)9-12)21-14-8-13-4-2-3-5-17(13)20-10-14/h2-11,21H,1H3. The number of aromatic nitrogens is 1. The highest BCUT2D eigenvalue weighted by molar-refractivity contribution is 6.30. The molecule has 0 spiro atoms. The number of fused-ring (bicyclic) bond motifs is 1. The minimum absolute atomic E-state index is 0.0419. The second kappa shape index (κ2) is 5.70. The average molecular weight is 301 g/mol. The molecule has 1 unspecified atom stereocenters. The minimum atomic E-state index is -0.403. The maximum atomic E-state index is 13.5. The zero-order chi connectivity index (χ0) is 14.8. The fourth-order valence-corrected chi connectivity index (χ4v) is 2.38. The molecule has 1 heterocycles. The van der Waals surface area contributed by atoms with Gasteiger partial charge in [-0.3, -0.25) is 4.98 Å². The van der Waals surface area contributed by atoms with Crippen LogP contribution in [0, 0.1) is 5.82 Å². The summed E-state index contributed by atoms with van der Waals surface area (Å²) >= 11 is 5.71. The van der Waals surface area contributed by atoms with Gasteiger partial charge in [-0.2, -0.15) is 0 Å². The Balaban J connectivity index is 1.85. The smallest absolute Gasteiger partial charge is 0.142 e. The van der Waals surface area contributed by atoms with Crippen LogP contribution in [-0.2, 0) is 0 Å². The second-order valence-corrected chi connectivity index (χ2v) is 5.36. The predicted molar refractivity (Wildman–Crippen MR) is 85.2 cm³/mol. The molecule has 106 valence electrons. The van der Waals surface area contributed by atoms with E-state index < -0.39 is 5.82 Å². The number of hydrogen-bond donors (Lipinski definition) is 1. The molecule has 0 aliphatic rings. The van der Waals surface area contributed by atoms with Crippen LogP contribution in [0.5, 0.6) is 0 Å². The van der Waals surface area contributed by atoms with Crippen molar-refractivity contribution in [2.24, 2.45) is 0 Å². The number of benzene rings is 2. The molecule has 0 fully saturated rings. The first-order valence-corrected chi connectivity index (χ1v) is 7.07. The molecule has 1 aromatic heterocycles.